The number of carbonyl (C=O) groups excluding carboxylic acids is 1. The Bertz CT molecular complexity index is 1830. The zero-order chi connectivity index (χ0) is 33.2. The Balaban J connectivity index is 1.20. The minimum absolute atomic E-state index is 0.0178. The predicted molar refractivity (Wildman–Crippen MR) is 177 cm³/mol. The van der Waals surface area contributed by atoms with E-state index in [0.29, 0.717) is 77.2 Å². The minimum Gasteiger partial charge on any atom is -0.495 e. The van der Waals surface area contributed by atoms with Crippen molar-refractivity contribution >= 4 is 28.3 Å². The topological polar surface area (TPSA) is 98.3 Å². The Morgan fingerprint density at radius 3 is 2.46 bits per heavy atom. The number of hydrogen-bond acceptors (Lipinski definition) is 9. The molecule has 7 rings (SSSR count). The van der Waals surface area contributed by atoms with Gasteiger partial charge >= 0.3 is 0 Å². The van der Waals surface area contributed by atoms with Gasteiger partial charge in [-0.1, -0.05) is 12.6 Å². The molecule has 0 aliphatic carbocycles. The lowest BCUT2D eigenvalue weighted by molar-refractivity contribution is -0.127. The van der Waals surface area contributed by atoms with Gasteiger partial charge in [-0.3, -0.25) is 9.69 Å². The molecule has 3 aliphatic rings. The molecule has 1 unspecified atom stereocenters. The summed E-state index contributed by atoms with van der Waals surface area (Å²) in [5.74, 6) is 0.751. The molecule has 1 aromatic heterocycles. The van der Waals surface area contributed by atoms with Crippen LogP contribution < -0.4 is 19.5 Å². The van der Waals surface area contributed by atoms with Crippen molar-refractivity contribution in [1.82, 2.24) is 19.8 Å². The summed E-state index contributed by atoms with van der Waals surface area (Å²) in [6.07, 6.45) is 4.87. The first-order valence-electron chi connectivity index (χ1n) is 16.1. The van der Waals surface area contributed by atoms with E-state index in [1.165, 1.54) is 24.5 Å². The van der Waals surface area contributed by atoms with Crippen LogP contribution in [0.4, 0.5) is 20.3 Å². The maximum absolute atomic E-state index is 14.7. The Labute approximate surface area is 277 Å². The lowest BCUT2D eigenvalue weighted by Crippen LogP contribution is -2.48. The average Bonchev–Trinajstić information content (AvgIpc) is 3.51. The molecule has 0 bridgehead atoms. The van der Waals surface area contributed by atoms with Gasteiger partial charge < -0.3 is 29.2 Å². The highest BCUT2D eigenvalue weighted by Gasteiger charge is 2.34. The summed E-state index contributed by atoms with van der Waals surface area (Å²) in [5.41, 5.74) is 1.97. The fourth-order valence-corrected chi connectivity index (χ4v) is 6.47. The number of rotatable bonds is 10. The van der Waals surface area contributed by atoms with Crippen molar-refractivity contribution in [2.45, 2.75) is 37.5 Å². The molecule has 1 amide bonds. The molecule has 250 valence electrons. The molecule has 3 saturated heterocycles. The van der Waals surface area contributed by atoms with Crippen LogP contribution in [0.2, 0.25) is 0 Å². The van der Waals surface area contributed by atoms with Crippen molar-refractivity contribution in [3.05, 3.63) is 79.1 Å². The van der Waals surface area contributed by atoms with E-state index < -0.39 is 11.6 Å². The Morgan fingerprint density at radius 1 is 0.958 bits per heavy atom. The molecule has 12 heteroatoms. The first kappa shape index (κ1) is 31.8. The minimum atomic E-state index is -0.668. The lowest BCUT2D eigenvalue weighted by Gasteiger charge is -2.34. The van der Waals surface area contributed by atoms with Crippen LogP contribution in [0.1, 0.15) is 19.3 Å². The quantitative estimate of drug-likeness (QED) is 0.214. The van der Waals surface area contributed by atoms with E-state index in [0.717, 1.165) is 38.8 Å². The van der Waals surface area contributed by atoms with Gasteiger partial charge in [-0.2, -0.15) is 0 Å². The van der Waals surface area contributed by atoms with E-state index >= 15 is 0 Å². The SMILES string of the molecule is C=CC(=O)N1CCC(Oc2cc3c(Nc4cc(-c5ccc(F)cc5F)ccc4OC)ncnc3cc2OC2CCN(C3COC3)C2)CC1. The van der Waals surface area contributed by atoms with Crippen molar-refractivity contribution in [2.75, 3.05) is 51.8 Å². The van der Waals surface area contributed by atoms with E-state index in [2.05, 4.69) is 26.8 Å². The van der Waals surface area contributed by atoms with Gasteiger partial charge in [0.05, 0.1) is 37.6 Å². The molecule has 3 aromatic carbocycles. The molecule has 1 atom stereocenters. The van der Waals surface area contributed by atoms with Crippen LogP contribution in [0, 0.1) is 11.6 Å². The summed E-state index contributed by atoms with van der Waals surface area (Å²) in [4.78, 5) is 25.4. The number of nitrogens with one attached hydrogen (secondary N) is 1. The largest absolute Gasteiger partial charge is 0.495 e. The predicted octanol–water partition coefficient (Wildman–Crippen LogP) is 5.73. The number of ether oxygens (including phenoxy) is 4. The van der Waals surface area contributed by atoms with E-state index in [1.54, 1.807) is 30.2 Å². The number of amides is 1. The van der Waals surface area contributed by atoms with Gasteiger partial charge in [-0.25, -0.2) is 18.7 Å². The number of fused-ring (bicyclic) bond motifs is 1. The van der Waals surface area contributed by atoms with Crippen LogP contribution >= 0.6 is 0 Å². The van der Waals surface area contributed by atoms with Gasteiger partial charge in [0, 0.05) is 62.1 Å². The number of piperidine rings is 1. The molecule has 3 aliphatic heterocycles. The van der Waals surface area contributed by atoms with Gasteiger partial charge in [0.25, 0.3) is 0 Å². The van der Waals surface area contributed by atoms with Crippen LogP contribution in [-0.2, 0) is 9.53 Å². The average molecular weight is 658 g/mol. The molecule has 0 spiro atoms. The fraction of sp³-hybridized carbons (Fsp3) is 0.361. The molecule has 4 heterocycles. The number of methoxy groups -OCH3 is 1. The maximum atomic E-state index is 14.7. The zero-order valence-electron chi connectivity index (χ0n) is 26.7. The molecule has 4 aromatic rings. The van der Waals surface area contributed by atoms with Gasteiger partial charge in [-0.15, -0.1) is 0 Å². The van der Waals surface area contributed by atoms with Crippen molar-refractivity contribution in [3.8, 4) is 28.4 Å². The summed E-state index contributed by atoms with van der Waals surface area (Å²) in [5, 5.41) is 4.03. The third-order valence-electron chi connectivity index (χ3n) is 9.22. The number of carbonyl (C=O) groups is 1. The van der Waals surface area contributed by atoms with Crippen LogP contribution in [0.5, 0.6) is 17.2 Å². The lowest BCUT2D eigenvalue weighted by atomic mass is 10.0. The molecular weight excluding hydrogens is 620 g/mol. The second kappa shape index (κ2) is 13.7. The van der Waals surface area contributed by atoms with Crippen molar-refractivity contribution in [3.63, 3.8) is 0 Å². The van der Waals surface area contributed by atoms with Crippen LogP contribution in [-0.4, -0.2) is 90.4 Å². The van der Waals surface area contributed by atoms with Crippen LogP contribution in [0.3, 0.4) is 0 Å². The second-order valence-corrected chi connectivity index (χ2v) is 12.3. The maximum Gasteiger partial charge on any atom is 0.245 e. The number of aromatic nitrogens is 2. The molecule has 1 N–H and O–H groups in total. The highest BCUT2D eigenvalue weighted by Crippen LogP contribution is 2.40. The first-order valence-corrected chi connectivity index (χ1v) is 16.1. The van der Waals surface area contributed by atoms with Gasteiger partial charge in [0.2, 0.25) is 5.91 Å². The number of anilines is 2. The van der Waals surface area contributed by atoms with Crippen molar-refractivity contribution in [1.29, 1.82) is 0 Å². The number of halogens is 2. The number of likely N-dealkylation sites (tertiary alicyclic amines) is 2. The third-order valence-corrected chi connectivity index (χ3v) is 9.22. The summed E-state index contributed by atoms with van der Waals surface area (Å²) < 4.78 is 52.6. The Hall–Kier alpha value is -4.81. The van der Waals surface area contributed by atoms with Crippen molar-refractivity contribution in [2.24, 2.45) is 0 Å². The van der Waals surface area contributed by atoms with Gasteiger partial charge in [0.1, 0.15) is 41.7 Å². The highest BCUT2D eigenvalue weighted by molar-refractivity contribution is 5.94. The first-order chi connectivity index (χ1) is 23.4. The zero-order valence-corrected chi connectivity index (χ0v) is 26.7. The standard InChI is InChI=1S/C36H37F2N5O5/c1-3-35(44)42-11-8-25(9-12-42)47-33-16-28-30(17-34(33)48-26-10-13-43(18-26)24-19-46-20-24)39-21-40-36(28)41-31-14-22(4-7-32(31)45-2)27-6-5-23(37)15-29(27)38/h3-7,14-17,21,24-26H,1,8-13,18-20H2,2H3,(H,39,40,41). The number of nitrogens with zero attached hydrogens (tertiary/aromatic N) is 4. The van der Waals surface area contributed by atoms with Crippen LogP contribution in [0.25, 0.3) is 22.0 Å². The van der Waals surface area contributed by atoms with E-state index in [4.69, 9.17) is 18.9 Å². The monoisotopic (exact) mass is 657 g/mol. The van der Waals surface area contributed by atoms with Gasteiger partial charge in [-0.05, 0) is 48.4 Å². The Kier molecular flexibility index (Phi) is 9.09. The highest BCUT2D eigenvalue weighted by atomic mass is 19.1. The Morgan fingerprint density at radius 2 is 1.73 bits per heavy atom. The molecule has 3 fully saturated rings. The summed E-state index contributed by atoms with van der Waals surface area (Å²) >= 11 is 0. The molecule has 10 nitrogen and oxygen atoms in total. The fourth-order valence-electron chi connectivity index (χ4n) is 6.47. The summed E-state index contributed by atoms with van der Waals surface area (Å²) in [7, 11) is 1.54. The van der Waals surface area contributed by atoms with E-state index in [9.17, 15) is 13.6 Å². The molecule has 0 saturated carbocycles. The molecule has 0 radical (unpaired) electrons. The third kappa shape index (κ3) is 6.63. The normalized spacial score (nSPS) is 18.8. The smallest absolute Gasteiger partial charge is 0.245 e. The summed E-state index contributed by atoms with van der Waals surface area (Å²) in [6.45, 7) is 8.00. The van der Waals surface area contributed by atoms with Crippen molar-refractivity contribution < 1.29 is 32.5 Å². The molecular formula is C36H37F2N5O5. The second-order valence-electron chi connectivity index (χ2n) is 12.3. The molecule has 48 heavy (non-hydrogen) atoms. The summed E-state index contributed by atoms with van der Waals surface area (Å²) in [6, 6.07) is 12.8. The van der Waals surface area contributed by atoms with E-state index in [-0.39, 0.29) is 23.7 Å². The number of benzene rings is 3. The van der Waals surface area contributed by atoms with E-state index in [1.807, 2.05) is 12.1 Å². The number of hydrogen-bond donors (Lipinski definition) is 1. The van der Waals surface area contributed by atoms with Crippen LogP contribution in [0.15, 0.2) is 67.5 Å². The van der Waals surface area contributed by atoms with Gasteiger partial charge in [0.15, 0.2) is 11.5 Å².